The summed E-state index contributed by atoms with van der Waals surface area (Å²) in [6.45, 7) is -1.85. The van der Waals surface area contributed by atoms with Crippen LogP contribution in [0.15, 0.2) is 0 Å². The molecule has 0 aliphatic carbocycles. The first kappa shape index (κ1) is 11.8. The van der Waals surface area contributed by atoms with Crippen LogP contribution in [-0.4, -0.2) is 47.2 Å². The Morgan fingerprint density at radius 3 is 2.47 bits per heavy atom. The van der Waals surface area contributed by atoms with Crippen LogP contribution in [0.2, 0.25) is 0 Å². The van der Waals surface area contributed by atoms with Gasteiger partial charge < -0.3 is 14.7 Å². The molecule has 2 atom stereocenters. The normalized spacial score (nSPS) is 26.0. The first-order chi connectivity index (χ1) is 6.91. The third-order valence-corrected chi connectivity index (χ3v) is 2.25. The Labute approximate surface area is 84.6 Å². The molecule has 0 aromatic heterocycles. The Hall–Kier alpha value is -1.24. The fourth-order valence-corrected chi connectivity index (χ4v) is 1.62. The lowest BCUT2D eigenvalue weighted by molar-refractivity contribution is -0.160. The lowest BCUT2D eigenvalue weighted by Gasteiger charge is -2.18. The molecule has 1 fully saturated rings. The highest BCUT2D eigenvalue weighted by atomic mass is 19.3. The number of ether oxygens (including phenoxy) is 1. The molecule has 0 saturated carbocycles. The van der Waals surface area contributed by atoms with Crippen molar-refractivity contribution < 1.29 is 28.2 Å². The Morgan fingerprint density at radius 2 is 2.13 bits per heavy atom. The molecule has 0 unspecified atom stereocenters. The van der Waals surface area contributed by atoms with Crippen LogP contribution in [0, 0.1) is 0 Å². The number of hydrogen-bond acceptors (Lipinski definition) is 3. The average Bonchev–Trinajstić information content (AvgIpc) is 2.46. The van der Waals surface area contributed by atoms with Crippen molar-refractivity contribution in [3.63, 3.8) is 0 Å². The van der Waals surface area contributed by atoms with Crippen LogP contribution in [0.4, 0.5) is 8.78 Å². The zero-order chi connectivity index (χ0) is 11.6. The van der Waals surface area contributed by atoms with Gasteiger partial charge in [-0.3, -0.25) is 4.79 Å². The topological polar surface area (TPSA) is 66.8 Å². The van der Waals surface area contributed by atoms with E-state index in [0.29, 0.717) is 0 Å². The Kier molecular flexibility index (Phi) is 3.57. The van der Waals surface area contributed by atoms with E-state index in [1.54, 1.807) is 0 Å². The second kappa shape index (κ2) is 4.52. The number of carbonyl (C=O) groups is 2. The number of rotatable bonds is 3. The van der Waals surface area contributed by atoms with E-state index in [1.165, 1.54) is 6.92 Å². The van der Waals surface area contributed by atoms with Crippen LogP contribution >= 0.6 is 0 Å². The lowest BCUT2D eigenvalue weighted by Crippen LogP contribution is -2.39. The van der Waals surface area contributed by atoms with Crippen LogP contribution in [0.1, 0.15) is 13.3 Å². The van der Waals surface area contributed by atoms with Crippen molar-refractivity contribution in [3.8, 4) is 0 Å². The van der Waals surface area contributed by atoms with Crippen molar-refractivity contribution in [2.24, 2.45) is 0 Å². The summed E-state index contributed by atoms with van der Waals surface area (Å²) in [5.74, 6) is -1.66. The van der Waals surface area contributed by atoms with Gasteiger partial charge in [0.1, 0.15) is 6.04 Å². The number of carboxylic acids is 1. The highest BCUT2D eigenvalue weighted by molar-refractivity contribution is 5.83. The number of amides is 1. The van der Waals surface area contributed by atoms with Gasteiger partial charge in [-0.2, -0.15) is 8.78 Å². The molecule has 1 amide bonds. The molecule has 1 heterocycles. The van der Waals surface area contributed by atoms with E-state index in [9.17, 15) is 18.4 Å². The molecule has 1 aliphatic heterocycles. The van der Waals surface area contributed by atoms with E-state index in [1.807, 2.05) is 0 Å². The van der Waals surface area contributed by atoms with E-state index in [-0.39, 0.29) is 13.0 Å². The zero-order valence-corrected chi connectivity index (χ0v) is 8.02. The van der Waals surface area contributed by atoms with Crippen LogP contribution < -0.4 is 0 Å². The molecule has 0 spiro atoms. The first-order valence-electron chi connectivity index (χ1n) is 4.35. The number of alkyl halides is 2. The molecular formula is C8H11F2NO4. The minimum absolute atomic E-state index is 0.0980. The van der Waals surface area contributed by atoms with Gasteiger partial charge in [0.05, 0.1) is 6.10 Å². The molecule has 1 rings (SSSR count). The maximum atomic E-state index is 11.9. The number of carbonyl (C=O) groups excluding carboxylic acids is 1. The molecule has 7 heteroatoms. The van der Waals surface area contributed by atoms with Crippen LogP contribution in [0.25, 0.3) is 0 Å². The van der Waals surface area contributed by atoms with Crippen molar-refractivity contribution in [2.45, 2.75) is 32.1 Å². The predicted molar refractivity (Wildman–Crippen MR) is 44.3 cm³/mol. The third kappa shape index (κ3) is 2.85. The minimum Gasteiger partial charge on any atom is -0.480 e. The maximum Gasteiger partial charge on any atom is 0.345 e. The maximum absolute atomic E-state index is 11.9. The molecule has 0 bridgehead atoms. The van der Waals surface area contributed by atoms with E-state index in [4.69, 9.17) is 5.11 Å². The Balaban J connectivity index is 2.65. The number of likely N-dealkylation sites (tertiary alicyclic amines) is 1. The largest absolute Gasteiger partial charge is 0.480 e. The molecular weight excluding hydrogens is 212 g/mol. The SMILES string of the molecule is CC(=O)N1C[C@H](OC(F)F)C[C@@H]1C(=O)O. The lowest BCUT2D eigenvalue weighted by atomic mass is 10.2. The average molecular weight is 223 g/mol. The molecule has 0 aromatic rings. The number of carboxylic acid groups (broad SMARTS) is 1. The van der Waals surface area contributed by atoms with Gasteiger partial charge in [-0.25, -0.2) is 4.79 Å². The molecule has 15 heavy (non-hydrogen) atoms. The number of nitrogens with zero attached hydrogens (tertiary/aromatic N) is 1. The zero-order valence-electron chi connectivity index (χ0n) is 8.02. The summed E-state index contributed by atoms with van der Waals surface area (Å²) in [6.07, 6.45) is -1.01. The van der Waals surface area contributed by atoms with E-state index in [2.05, 4.69) is 4.74 Å². The Morgan fingerprint density at radius 1 is 1.53 bits per heavy atom. The fourth-order valence-electron chi connectivity index (χ4n) is 1.62. The van der Waals surface area contributed by atoms with Crippen molar-refractivity contribution in [3.05, 3.63) is 0 Å². The summed E-state index contributed by atoms with van der Waals surface area (Å²) in [7, 11) is 0. The van der Waals surface area contributed by atoms with Gasteiger partial charge in [0.15, 0.2) is 0 Å². The van der Waals surface area contributed by atoms with Crippen molar-refractivity contribution >= 4 is 11.9 Å². The van der Waals surface area contributed by atoms with Crippen molar-refractivity contribution in [1.29, 1.82) is 0 Å². The van der Waals surface area contributed by atoms with Crippen molar-refractivity contribution in [2.75, 3.05) is 6.54 Å². The molecule has 1 N–H and O–H groups in total. The molecule has 0 aromatic carbocycles. The third-order valence-electron chi connectivity index (χ3n) is 2.25. The highest BCUT2D eigenvalue weighted by Crippen LogP contribution is 2.22. The summed E-state index contributed by atoms with van der Waals surface area (Å²) in [4.78, 5) is 22.7. The van der Waals surface area contributed by atoms with Gasteiger partial charge in [-0.05, 0) is 0 Å². The van der Waals surface area contributed by atoms with Crippen molar-refractivity contribution in [1.82, 2.24) is 4.90 Å². The molecule has 1 saturated heterocycles. The monoisotopic (exact) mass is 223 g/mol. The highest BCUT2D eigenvalue weighted by Gasteiger charge is 2.39. The summed E-state index contributed by atoms with van der Waals surface area (Å²) in [5, 5.41) is 8.75. The summed E-state index contributed by atoms with van der Waals surface area (Å²) in [5.41, 5.74) is 0. The van der Waals surface area contributed by atoms with E-state index >= 15 is 0 Å². The fraction of sp³-hybridized carbons (Fsp3) is 0.750. The van der Waals surface area contributed by atoms with E-state index < -0.39 is 30.6 Å². The quantitative estimate of drug-likeness (QED) is 0.747. The summed E-state index contributed by atoms with van der Waals surface area (Å²) < 4.78 is 27.9. The molecule has 0 radical (unpaired) electrons. The van der Waals surface area contributed by atoms with E-state index in [0.717, 1.165) is 4.90 Å². The second-order valence-electron chi connectivity index (χ2n) is 3.28. The molecule has 86 valence electrons. The predicted octanol–water partition coefficient (Wildman–Crippen LogP) is 0.300. The van der Waals surface area contributed by atoms with Crippen LogP contribution in [0.3, 0.4) is 0 Å². The first-order valence-corrected chi connectivity index (χ1v) is 4.35. The van der Waals surface area contributed by atoms with Gasteiger partial charge in [0.2, 0.25) is 5.91 Å². The van der Waals surface area contributed by atoms with Gasteiger partial charge in [-0.1, -0.05) is 0 Å². The summed E-state index contributed by atoms with van der Waals surface area (Å²) >= 11 is 0. The molecule has 5 nitrogen and oxygen atoms in total. The van der Waals surface area contributed by atoms with Gasteiger partial charge in [0, 0.05) is 19.9 Å². The second-order valence-corrected chi connectivity index (χ2v) is 3.28. The number of aliphatic carboxylic acids is 1. The van der Waals surface area contributed by atoms with Crippen LogP contribution in [0.5, 0.6) is 0 Å². The minimum atomic E-state index is -2.95. The summed E-state index contributed by atoms with van der Waals surface area (Å²) in [6, 6.07) is -1.06. The van der Waals surface area contributed by atoms with Crippen LogP contribution in [-0.2, 0) is 14.3 Å². The van der Waals surface area contributed by atoms with Gasteiger partial charge in [-0.15, -0.1) is 0 Å². The van der Waals surface area contributed by atoms with Gasteiger partial charge >= 0.3 is 12.6 Å². The smallest absolute Gasteiger partial charge is 0.345 e. The Bertz CT molecular complexity index is 249. The molecule has 1 aliphatic rings. The standard InChI is InChI=1S/C8H11F2NO4/c1-4(12)11-3-5(15-8(9)10)2-6(11)7(13)14/h5-6,8H,2-3H2,1H3,(H,13,14)/t5-,6-/m1/s1. The van der Waals surface area contributed by atoms with Gasteiger partial charge in [0.25, 0.3) is 0 Å². The number of hydrogen-bond donors (Lipinski definition) is 1. The number of halogens is 2.